The molecule has 0 aliphatic carbocycles. The quantitative estimate of drug-likeness (QED) is 0.465. The Kier molecular flexibility index (Phi) is 6.84. The zero-order valence-electron chi connectivity index (χ0n) is 14.2. The molecule has 0 fully saturated rings. The molecule has 0 unspecified atom stereocenters. The van der Waals surface area contributed by atoms with Gasteiger partial charge in [0, 0.05) is 11.1 Å². The third-order valence-electron chi connectivity index (χ3n) is 3.34. The molecule has 2 atom stereocenters. The molecule has 0 saturated heterocycles. The van der Waals surface area contributed by atoms with Crippen LogP contribution >= 0.6 is 23.4 Å². The van der Waals surface area contributed by atoms with Gasteiger partial charge in [-0.1, -0.05) is 29.3 Å². The highest BCUT2D eigenvalue weighted by Crippen LogP contribution is 2.24. The molecule has 0 saturated carbocycles. The van der Waals surface area contributed by atoms with Crippen molar-refractivity contribution in [3.05, 3.63) is 53.3 Å². The van der Waals surface area contributed by atoms with Crippen LogP contribution in [0, 0.1) is 6.92 Å². The number of aryl methyl sites for hydroxylation is 1. The molecule has 1 amide bonds. The zero-order valence-corrected chi connectivity index (χ0v) is 15.7. The van der Waals surface area contributed by atoms with E-state index >= 15 is 0 Å². The normalized spacial score (nSPS) is 13.0. The molecular weight excluding hydrogens is 360 g/mol. The molecule has 1 aromatic carbocycles. The van der Waals surface area contributed by atoms with E-state index in [0.717, 1.165) is 10.5 Å². The first-order valence-electron chi connectivity index (χ1n) is 7.72. The third kappa shape index (κ3) is 5.76. The number of pyridine rings is 1. The Labute approximate surface area is 156 Å². The van der Waals surface area contributed by atoms with Gasteiger partial charge in [-0.2, -0.15) is 0 Å². The SMILES string of the molecule is Cc1ccc(S[C@H](C)C(=O)O[C@@H](C)C(=O)Nc2cccnc2Cl)cc1. The van der Waals surface area contributed by atoms with Crippen molar-refractivity contribution in [2.75, 3.05) is 5.32 Å². The van der Waals surface area contributed by atoms with Crippen LogP contribution in [0.5, 0.6) is 0 Å². The molecule has 0 aliphatic rings. The first-order chi connectivity index (χ1) is 11.9. The van der Waals surface area contributed by atoms with Gasteiger partial charge in [0.2, 0.25) is 0 Å². The van der Waals surface area contributed by atoms with E-state index in [-0.39, 0.29) is 5.15 Å². The van der Waals surface area contributed by atoms with Crippen molar-refractivity contribution in [1.82, 2.24) is 4.98 Å². The number of carbonyl (C=O) groups is 2. The van der Waals surface area contributed by atoms with Crippen molar-refractivity contribution in [1.29, 1.82) is 0 Å². The Morgan fingerprint density at radius 3 is 2.52 bits per heavy atom. The number of hydrogen-bond acceptors (Lipinski definition) is 5. The van der Waals surface area contributed by atoms with Crippen LogP contribution < -0.4 is 5.32 Å². The number of benzene rings is 1. The highest BCUT2D eigenvalue weighted by Gasteiger charge is 2.23. The Morgan fingerprint density at radius 2 is 1.88 bits per heavy atom. The first kappa shape index (κ1) is 19.3. The lowest BCUT2D eigenvalue weighted by Crippen LogP contribution is -2.32. The zero-order chi connectivity index (χ0) is 18.4. The Bertz CT molecular complexity index is 752. The van der Waals surface area contributed by atoms with Crippen molar-refractivity contribution in [3.63, 3.8) is 0 Å². The average Bonchev–Trinajstić information content (AvgIpc) is 2.58. The summed E-state index contributed by atoms with van der Waals surface area (Å²) in [6.45, 7) is 5.26. The lowest BCUT2D eigenvalue weighted by molar-refractivity contribution is -0.152. The molecule has 2 rings (SSSR count). The number of nitrogens with zero attached hydrogens (tertiary/aromatic N) is 1. The second-order valence-electron chi connectivity index (χ2n) is 5.48. The summed E-state index contributed by atoms with van der Waals surface area (Å²) in [5.74, 6) is -0.915. The van der Waals surface area contributed by atoms with Gasteiger partial charge >= 0.3 is 5.97 Å². The van der Waals surface area contributed by atoms with Crippen LogP contribution in [0.25, 0.3) is 0 Å². The van der Waals surface area contributed by atoms with Crippen LogP contribution in [0.4, 0.5) is 5.69 Å². The van der Waals surface area contributed by atoms with E-state index in [9.17, 15) is 9.59 Å². The number of nitrogens with one attached hydrogen (secondary N) is 1. The molecule has 2 aromatic rings. The summed E-state index contributed by atoms with van der Waals surface area (Å²) in [7, 11) is 0. The summed E-state index contributed by atoms with van der Waals surface area (Å²) < 4.78 is 5.25. The maximum absolute atomic E-state index is 12.2. The molecule has 0 bridgehead atoms. The molecule has 1 N–H and O–H groups in total. The van der Waals surface area contributed by atoms with Crippen LogP contribution in [-0.2, 0) is 14.3 Å². The van der Waals surface area contributed by atoms with E-state index in [0.29, 0.717) is 5.69 Å². The summed E-state index contributed by atoms with van der Waals surface area (Å²) in [6, 6.07) is 11.1. The van der Waals surface area contributed by atoms with Gasteiger partial charge in [0.15, 0.2) is 11.3 Å². The number of amides is 1. The minimum absolute atomic E-state index is 0.178. The van der Waals surface area contributed by atoms with Gasteiger partial charge in [0.1, 0.15) is 5.25 Å². The Balaban J connectivity index is 1.89. The van der Waals surface area contributed by atoms with Crippen molar-refractivity contribution in [3.8, 4) is 0 Å². The molecule has 0 radical (unpaired) electrons. The Morgan fingerprint density at radius 1 is 1.20 bits per heavy atom. The van der Waals surface area contributed by atoms with Crippen LogP contribution in [0.1, 0.15) is 19.4 Å². The number of rotatable bonds is 6. The number of aromatic nitrogens is 1. The van der Waals surface area contributed by atoms with Gasteiger partial charge in [-0.15, -0.1) is 11.8 Å². The van der Waals surface area contributed by atoms with Crippen molar-refractivity contribution >= 4 is 40.9 Å². The van der Waals surface area contributed by atoms with Gasteiger partial charge in [-0.3, -0.25) is 9.59 Å². The minimum atomic E-state index is -0.940. The van der Waals surface area contributed by atoms with E-state index in [1.54, 1.807) is 19.1 Å². The van der Waals surface area contributed by atoms with Crippen LogP contribution in [0.15, 0.2) is 47.5 Å². The number of carbonyl (C=O) groups excluding carboxylic acids is 2. The summed E-state index contributed by atoms with van der Waals surface area (Å²) in [5.41, 5.74) is 1.53. The molecule has 25 heavy (non-hydrogen) atoms. The first-order valence-corrected chi connectivity index (χ1v) is 8.98. The number of thioether (sulfide) groups is 1. The number of anilines is 1. The summed E-state index contributed by atoms with van der Waals surface area (Å²) in [4.78, 5) is 29.2. The smallest absolute Gasteiger partial charge is 0.319 e. The van der Waals surface area contributed by atoms with E-state index < -0.39 is 23.2 Å². The van der Waals surface area contributed by atoms with Gasteiger partial charge in [-0.05, 0) is 45.0 Å². The van der Waals surface area contributed by atoms with E-state index in [1.807, 2.05) is 31.2 Å². The summed E-state index contributed by atoms with van der Waals surface area (Å²) in [6.07, 6.45) is 0.579. The van der Waals surface area contributed by atoms with E-state index in [1.165, 1.54) is 24.9 Å². The number of ether oxygens (including phenoxy) is 1. The molecular formula is C18H19ClN2O3S. The average molecular weight is 379 g/mol. The van der Waals surface area contributed by atoms with Crippen molar-refractivity contribution in [2.45, 2.75) is 37.0 Å². The highest BCUT2D eigenvalue weighted by molar-refractivity contribution is 8.00. The summed E-state index contributed by atoms with van der Waals surface area (Å²) >= 11 is 7.28. The standard InChI is InChI=1S/C18H19ClN2O3S/c1-11-6-8-14(9-7-11)25-13(3)18(23)24-12(2)17(22)21-15-5-4-10-20-16(15)19/h4-10,12-13H,1-3H3,(H,21,22)/t12-,13+/m0/s1. The van der Waals surface area contributed by atoms with Gasteiger partial charge in [0.05, 0.1) is 5.69 Å². The van der Waals surface area contributed by atoms with E-state index in [4.69, 9.17) is 16.3 Å². The predicted molar refractivity (Wildman–Crippen MR) is 99.9 cm³/mol. The second kappa shape index (κ2) is 8.87. The van der Waals surface area contributed by atoms with Crippen LogP contribution in [-0.4, -0.2) is 28.2 Å². The minimum Gasteiger partial charge on any atom is -0.452 e. The van der Waals surface area contributed by atoms with Crippen LogP contribution in [0.2, 0.25) is 5.15 Å². The largest absolute Gasteiger partial charge is 0.452 e. The maximum atomic E-state index is 12.2. The van der Waals surface area contributed by atoms with Gasteiger partial charge in [-0.25, -0.2) is 4.98 Å². The molecule has 1 aromatic heterocycles. The molecule has 7 heteroatoms. The third-order valence-corrected chi connectivity index (χ3v) is 4.74. The number of hydrogen-bond donors (Lipinski definition) is 1. The predicted octanol–water partition coefficient (Wildman–Crippen LogP) is 4.09. The van der Waals surface area contributed by atoms with Crippen molar-refractivity contribution < 1.29 is 14.3 Å². The molecule has 0 spiro atoms. The fourth-order valence-electron chi connectivity index (χ4n) is 1.91. The summed E-state index contributed by atoms with van der Waals surface area (Å²) in [5, 5.41) is 2.34. The lowest BCUT2D eigenvalue weighted by Gasteiger charge is -2.16. The van der Waals surface area contributed by atoms with Crippen LogP contribution in [0.3, 0.4) is 0 Å². The fraction of sp³-hybridized carbons (Fsp3) is 0.278. The highest BCUT2D eigenvalue weighted by atomic mass is 35.5. The monoisotopic (exact) mass is 378 g/mol. The molecule has 1 heterocycles. The van der Waals surface area contributed by atoms with Gasteiger partial charge in [0.25, 0.3) is 5.91 Å². The second-order valence-corrected chi connectivity index (χ2v) is 7.26. The fourth-order valence-corrected chi connectivity index (χ4v) is 2.93. The molecule has 132 valence electrons. The Hall–Kier alpha value is -2.05. The topological polar surface area (TPSA) is 68.3 Å². The number of halogens is 1. The molecule has 5 nitrogen and oxygen atoms in total. The van der Waals surface area contributed by atoms with Crippen molar-refractivity contribution in [2.24, 2.45) is 0 Å². The van der Waals surface area contributed by atoms with E-state index in [2.05, 4.69) is 10.3 Å². The number of esters is 1. The van der Waals surface area contributed by atoms with Gasteiger partial charge < -0.3 is 10.1 Å². The maximum Gasteiger partial charge on any atom is 0.319 e. The lowest BCUT2D eigenvalue weighted by atomic mass is 10.2. The molecule has 0 aliphatic heterocycles.